The third-order valence-electron chi connectivity index (χ3n) is 6.58. The summed E-state index contributed by atoms with van der Waals surface area (Å²) in [4.78, 5) is 57.1. The third kappa shape index (κ3) is 10.2. The molecule has 0 aliphatic carbocycles. The number of benzene rings is 4. The monoisotopic (exact) mass is 634 g/mol. The molecule has 4 aromatic rings. The Morgan fingerprint density at radius 1 is 0.587 bits per heavy atom. The first kappa shape index (κ1) is 34.9. The van der Waals surface area contributed by atoms with Crippen LogP contribution < -0.4 is 11.1 Å². The van der Waals surface area contributed by atoms with Crippen molar-refractivity contribution < 1.29 is 47.4 Å². The summed E-state index contributed by atoms with van der Waals surface area (Å²) >= 11 is 0. The minimum Gasteiger partial charge on any atom is -0.480 e. The first-order chi connectivity index (χ1) is 21.8. The summed E-state index contributed by atoms with van der Waals surface area (Å²) in [6, 6.07) is 27.4. The van der Waals surface area contributed by atoms with Crippen LogP contribution in [0.5, 0.6) is 0 Å². The maximum atomic E-state index is 12.3. The number of carboxylic acid groups (broad SMARTS) is 2. The van der Waals surface area contributed by atoms with E-state index in [9.17, 15) is 37.1 Å². The summed E-state index contributed by atoms with van der Waals surface area (Å²) in [6.45, 7) is 0. The van der Waals surface area contributed by atoms with Crippen molar-refractivity contribution in [1.29, 1.82) is 0 Å². The third-order valence-corrected chi connectivity index (χ3v) is 6.58. The van der Waals surface area contributed by atoms with Crippen LogP contribution in [0.1, 0.15) is 43.0 Å². The topological polar surface area (TPSA) is 164 Å². The molecule has 0 spiro atoms. The van der Waals surface area contributed by atoms with E-state index < -0.39 is 36.1 Å². The Bertz CT molecular complexity index is 1660. The van der Waals surface area contributed by atoms with Gasteiger partial charge in [0.25, 0.3) is 0 Å². The number of nitrogens with two attached hydrogens (primary N) is 1. The summed E-state index contributed by atoms with van der Waals surface area (Å²) < 4.78 is 36.8. The molecular weight excluding hydrogens is 605 g/mol. The highest BCUT2D eigenvalue weighted by molar-refractivity contribution is 6.09. The zero-order chi connectivity index (χ0) is 33.9. The van der Waals surface area contributed by atoms with E-state index in [-0.39, 0.29) is 24.4 Å². The molecule has 12 heteroatoms. The van der Waals surface area contributed by atoms with Gasteiger partial charge in [-0.1, -0.05) is 109 Å². The number of alkyl halides is 3. The van der Waals surface area contributed by atoms with Crippen LogP contribution in [0, 0.1) is 0 Å². The number of halogens is 3. The molecule has 5 N–H and O–H groups in total. The van der Waals surface area contributed by atoms with Gasteiger partial charge in [-0.15, -0.1) is 0 Å². The lowest BCUT2D eigenvalue weighted by atomic mass is 9.99. The molecule has 0 aromatic heterocycles. The highest BCUT2D eigenvalue weighted by Crippen LogP contribution is 2.17. The fourth-order valence-electron chi connectivity index (χ4n) is 4.11. The van der Waals surface area contributed by atoms with Crippen LogP contribution in [0.25, 0.3) is 0 Å². The van der Waals surface area contributed by atoms with Crippen LogP contribution in [0.3, 0.4) is 0 Å². The Hall–Kier alpha value is -5.62. The van der Waals surface area contributed by atoms with Gasteiger partial charge in [0.1, 0.15) is 12.1 Å². The van der Waals surface area contributed by atoms with Crippen LogP contribution in [-0.4, -0.2) is 57.9 Å². The zero-order valence-electron chi connectivity index (χ0n) is 24.1. The Labute approximate surface area is 261 Å². The predicted octanol–water partition coefficient (Wildman–Crippen LogP) is 4.46. The molecule has 0 radical (unpaired) electrons. The van der Waals surface area contributed by atoms with E-state index >= 15 is 0 Å². The minimum atomic E-state index is -5.17. The van der Waals surface area contributed by atoms with Gasteiger partial charge < -0.3 is 21.3 Å². The normalized spacial score (nSPS) is 12.1. The minimum absolute atomic E-state index is 0.0558. The molecular formula is C34H29F3N2O7. The first-order valence-electron chi connectivity index (χ1n) is 13.7. The zero-order valence-corrected chi connectivity index (χ0v) is 24.1. The lowest BCUT2D eigenvalue weighted by molar-refractivity contribution is -0.175. The van der Waals surface area contributed by atoms with Crippen molar-refractivity contribution in [2.75, 3.05) is 0 Å². The first-order valence-corrected chi connectivity index (χ1v) is 13.7. The summed E-state index contributed by atoms with van der Waals surface area (Å²) in [5, 5.41) is 19.2. The van der Waals surface area contributed by atoms with Crippen LogP contribution in [0.2, 0.25) is 0 Å². The fourth-order valence-corrected chi connectivity index (χ4v) is 4.11. The predicted molar refractivity (Wildman–Crippen MR) is 161 cm³/mol. The van der Waals surface area contributed by atoms with Gasteiger partial charge in [-0.2, -0.15) is 13.2 Å². The number of amides is 1. The van der Waals surface area contributed by atoms with Crippen LogP contribution in [-0.2, 0) is 27.2 Å². The van der Waals surface area contributed by atoms with E-state index in [2.05, 4.69) is 0 Å². The number of aliphatic carboxylic acids is 2. The van der Waals surface area contributed by atoms with Crippen molar-refractivity contribution in [1.82, 2.24) is 5.32 Å². The maximum absolute atomic E-state index is 12.3. The lowest BCUT2D eigenvalue weighted by Crippen LogP contribution is -2.47. The molecule has 0 heterocycles. The molecule has 9 nitrogen and oxygen atoms in total. The van der Waals surface area contributed by atoms with Crippen molar-refractivity contribution in [2.45, 2.75) is 31.1 Å². The highest BCUT2D eigenvalue weighted by Gasteiger charge is 2.40. The van der Waals surface area contributed by atoms with E-state index in [0.29, 0.717) is 27.8 Å². The van der Waals surface area contributed by atoms with E-state index in [1.165, 1.54) is 29.6 Å². The number of nitrogens with one attached hydrogen (secondary N) is 1. The molecule has 2 atom stereocenters. The molecule has 0 aliphatic rings. The SMILES string of the molecule is NC(Cc1ccc(C(=O)c2ccccc2)cc1)C(=O)O.O=C(c1ccccc1)c1ccc(CC(NC(=O)C(F)(F)F)C(=O)O)cc1. The number of carboxylic acids is 2. The summed E-state index contributed by atoms with van der Waals surface area (Å²) in [5.41, 5.74) is 8.66. The molecule has 238 valence electrons. The number of carbonyl (C=O) groups excluding carboxylic acids is 3. The molecule has 0 saturated carbocycles. The molecule has 46 heavy (non-hydrogen) atoms. The van der Waals surface area contributed by atoms with E-state index in [0.717, 1.165) is 5.56 Å². The molecule has 2 unspecified atom stereocenters. The Balaban J connectivity index is 0.000000259. The Morgan fingerprint density at radius 2 is 0.957 bits per heavy atom. The second-order valence-electron chi connectivity index (χ2n) is 10.00. The summed E-state index contributed by atoms with van der Waals surface area (Å²) in [6.07, 6.45) is -5.27. The second-order valence-corrected chi connectivity index (χ2v) is 10.00. The van der Waals surface area contributed by atoms with Gasteiger partial charge in [0.05, 0.1) is 0 Å². The number of ketones is 2. The Morgan fingerprint density at radius 3 is 1.30 bits per heavy atom. The second kappa shape index (κ2) is 15.9. The average molecular weight is 635 g/mol. The van der Waals surface area contributed by atoms with Gasteiger partial charge in [-0.3, -0.25) is 19.2 Å². The summed E-state index contributed by atoms with van der Waals surface area (Å²) in [5.74, 6) is -5.24. The molecule has 4 aromatic carbocycles. The van der Waals surface area contributed by atoms with Gasteiger partial charge in [0.15, 0.2) is 11.6 Å². The quantitative estimate of drug-likeness (QED) is 0.176. The van der Waals surface area contributed by atoms with Gasteiger partial charge >= 0.3 is 24.0 Å². The van der Waals surface area contributed by atoms with Gasteiger partial charge in [-0.25, -0.2) is 4.79 Å². The maximum Gasteiger partial charge on any atom is 0.471 e. The molecule has 0 bridgehead atoms. The standard InChI is InChI=1S/C18H14F3NO4.C16H15NO3/c19-18(20,21)17(26)22-14(16(24)25)10-11-6-8-13(9-7-11)15(23)12-4-2-1-3-5-12;17-14(16(19)20)10-11-6-8-13(9-7-11)15(18)12-4-2-1-3-5-12/h1-9,14H,10H2,(H,22,26)(H,24,25);1-9,14H,10,17H2,(H,19,20). The van der Waals surface area contributed by atoms with Crippen molar-refractivity contribution in [3.63, 3.8) is 0 Å². The number of hydrogen-bond donors (Lipinski definition) is 4. The van der Waals surface area contributed by atoms with E-state index in [4.69, 9.17) is 15.9 Å². The van der Waals surface area contributed by atoms with Gasteiger partial charge in [0.2, 0.25) is 0 Å². The fraction of sp³-hybridized carbons (Fsp3) is 0.147. The average Bonchev–Trinajstić information content (AvgIpc) is 3.05. The van der Waals surface area contributed by atoms with Gasteiger partial charge in [0, 0.05) is 28.7 Å². The van der Waals surface area contributed by atoms with Crippen molar-refractivity contribution in [2.24, 2.45) is 5.73 Å². The smallest absolute Gasteiger partial charge is 0.471 e. The van der Waals surface area contributed by atoms with Crippen LogP contribution >= 0.6 is 0 Å². The Kier molecular flexibility index (Phi) is 12.1. The van der Waals surface area contributed by atoms with E-state index in [1.54, 1.807) is 66.7 Å². The van der Waals surface area contributed by atoms with Crippen LogP contribution in [0.15, 0.2) is 109 Å². The van der Waals surface area contributed by atoms with Crippen molar-refractivity contribution >= 4 is 29.4 Å². The number of carbonyl (C=O) groups is 5. The van der Waals surface area contributed by atoms with Crippen LogP contribution in [0.4, 0.5) is 13.2 Å². The molecule has 0 fully saturated rings. The molecule has 0 aliphatic heterocycles. The number of hydrogen-bond acceptors (Lipinski definition) is 6. The molecule has 1 amide bonds. The van der Waals surface area contributed by atoms with E-state index in [1.807, 2.05) is 18.2 Å². The highest BCUT2D eigenvalue weighted by atomic mass is 19.4. The van der Waals surface area contributed by atoms with Crippen molar-refractivity contribution in [3.05, 3.63) is 143 Å². The molecule has 0 saturated heterocycles. The molecule has 4 rings (SSSR count). The summed E-state index contributed by atoms with van der Waals surface area (Å²) in [7, 11) is 0. The largest absolute Gasteiger partial charge is 0.480 e. The lowest BCUT2D eigenvalue weighted by Gasteiger charge is -2.16. The van der Waals surface area contributed by atoms with Gasteiger partial charge in [-0.05, 0) is 17.5 Å². The van der Waals surface area contributed by atoms with Crippen molar-refractivity contribution in [3.8, 4) is 0 Å². The number of rotatable bonds is 11.